The van der Waals surface area contributed by atoms with E-state index < -0.39 is 0 Å². The Hall–Kier alpha value is -1.84. The first-order valence-corrected chi connectivity index (χ1v) is 8.40. The van der Waals surface area contributed by atoms with Crippen LogP contribution in [-0.2, 0) is 17.9 Å². The second-order valence-electron chi connectivity index (χ2n) is 6.13. The van der Waals surface area contributed by atoms with Gasteiger partial charge in [-0.25, -0.2) is 0 Å². The summed E-state index contributed by atoms with van der Waals surface area (Å²) in [5, 5.41) is 3.47. The smallest absolute Gasteiger partial charge is 0.120 e. The molecule has 1 heterocycles. The van der Waals surface area contributed by atoms with Gasteiger partial charge in [0.2, 0.25) is 0 Å². The van der Waals surface area contributed by atoms with Crippen molar-refractivity contribution in [3.63, 3.8) is 0 Å². The van der Waals surface area contributed by atoms with E-state index in [9.17, 15) is 0 Å². The minimum atomic E-state index is 0.385. The Morgan fingerprint density at radius 2 is 2.09 bits per heavy atom. The molecular formula is C20H25NO2. The molecule has 122 valence electrons. The third-order valence-corrected chi connectivity index (χ3v) is 4.28. The third kappa shape index (κ3) is 4.81. The monoisotopic (exact) mass is 311 g/mol. The molecule has 0 radical (unpaired) electrons. The van der Waals surface area contributed by atoms with E-state index in [-0.39, 0.29) is 0 Å². The van der Waals surface area contributed by atoms with E-state index in [0.29, 0.717) is 12.7 Å². The Morgan fingerprint density at radius 3 is 2.91 bits per heavy atom. The number of hydrogen-bond acceptors (Lipinski definition) is 3. The predicted octanol–water partition coefficient (Wildman–Crippen LogP) is 3.84. The van der Waals surface area contributed by atoms with Crippen LogP contribution in [0.15, 0.2) is 48.5 Å². The molecule has 1 aliphatic heterocycles. The molecule has 1 N–H and O–H groups in total. The van der Waals surface area contributed by atoms with Gasteiger partial charge in [0.05, 0.1) is 6.10 Å². The predicted molar refractivity (Wildman–Crippen MR) is 92.6 cm³/mol. The van der Waals surface area contributed by atoms with Crippen LogP contribution in [0, 0.1) is 6.92 Å². The lowest BCUT2D eigenvalue weighted by Gasteiger charge is -2.12. The van der Waals surface area contributed by atoms with Crippen LogP contribution in [0.3, 0.4) is 0 Å². The van der Waals surface area contributed by atoms with Crippen LogP contribution < -0.4 is 10.1 Å². The van der Waals surface area contributed by atoms with Gasteiger partial charge in [-0.15, -0.1) is 0 Å². The van der Waals surface area contributed by atoms with Gasteiger partial charge in [0.25, 0.3) is 0 Å². The summed E-state index contributed by atoms with van der Waals surface area (Å²) in [5.41, 5.74) is 3.74. The molecule has 0 saturated carbocycles. The van der Waals surface area contributed by atoms with Gasteiger partial charge in [0, 0.05) is 19.7 Å². The van der Waals surface area contributed by atoms with Gasteiger partial charge in [-0.3, -0.25) is 0 Å². The number of benzene rings is 2. The van der Waals surface area contributed by atoms with Crippen LogP contribution in [-0.4, -0.2) is 19.3 Å². The Labute approximate surface area is 138 Å². The molecule has 2 aromatic rings. The van der Waals surface area contributed by atoms with E-state index in [0.717, 1.165) is 25.4 Å². The first kappa shape index (κ1) is 16.0. The standard InChI is InChI=1S/C20H25NO2/c1-16-6-2-3-8-18(16)15-23-19-9-4-7-17(12-19)13-21-14-20-10-5-11-22-20/h2-4,6-9,12,20-21H,5,10-11,13-15H2,1H3/t20-/m0/s1. The van der Waals surface area contributed by atoms with Crippen molar-refractivity contribution in [1.29, 1.82) is 0 Å². The summed E-state index contributed by atoms with van der Waals surface area (Å²) in [5.74, 6) is 0.921. The lowest BCUT2D eigenvalue weighted by atomic mass is 10.1. The summed E-state index contributed by atoms with van der Waals surface area (Å²) >= 11 is 0. The SMILES string of the molecule is Cc1ccccc1COc1cccc(CNC[C@@H]2CCCO2)c1. The fraction of sp³-hybridized carbons (Fsp3) is 0.400. The van der Waals surface area contributed by atoms with Crippen molar-refractivity contribution in [3.05, 3.63) is 65.2 Å². The number of hydrogen-bond donors (Lipinski definition) is 1. The molecule has 0 spiro atoms. The topological polar surface area (TPSA) is 30.5 Å². The van der Waals surface area contributed by atoms with Crippen LogP contribution >= 0.6 is 0 Å². The first-order chi connectivity index (χ1) is 11.3. The highest BCUT2D eigenvalue weighted by molar-refractivity contribution is 5.30. The van der Waals surface area contributed by atoms with Crippen molar-refractivity contribution < 1.29 is 9.47 Å². The average Bonchev–Trinajstić information content (AvgIpc) is 3.08. The molecular weight excluding hydrogens is 286 g/mol. The van der Waals surface area contributed by atoms with E-state index in [2.05, 4.69) is 54.7 Å². The molecule has 1 aliphatic rings. The van der Waals surface area contributed by atoms with Crippen molar-refractivity contribution in [2.75, 3.05) is 13.2 Å². The Balaban J connectivity index is 1.49. The van der Waals surface area contributed by atoms with E-state index in [1.807, 2.05) is 6.07 Å². The number of rotatable bonds is 7. The van der Waals surface area contributed by atoms with Crippen molar-refractivity contribution in [1.82, 2.24) is 5.32 Å². The number of ether oxygens (including phenoxy) is 2. The molecule has 0 amide bonds. The van der Waals surface area contributed by atoms with Gasteiger partial charge in [0.15, 0.2) is 0 Å². The summed E-state index contributed by atoms with van der Waals surface area (Å²) in [6.45, 7) is 5.41. The van der Waals surface area contributed by atoms with Gasteiger partial charge >= 0.3 is 0 Å². The summed E-state index contributed by atoms with van der Waals surface area (Å²) in [6.07, 6.45) is 2.75. The summed E-state index contributed by atoms with van der Waals surface area (Å²) in [7, 11) is 0. The van der Waals surface area contributed by atoms with Gasteiger partial charge in [-0.05, 0) is 48.6 Å². The van der Waals surface area contributed by atoms with Crippen LogP contribution in [0.5, 0.6) is 5.75 Å². The summed E-state index contributed by atoms with van der Waals surface area (Å²) in [4.78, 5) is 0. The molecule has 1 atom stereocenters. The van der Waals surface area contributed by atoms with Crippen molar-refractivity contribution >= 4 is 0 Å². The van der Waals surface area contributed by atoms with Crippen LogP contribution in [0.25, 0.3) is 0 Å². The molecule has 1 fully saturated rings. The zero-order valence-corrected chi connectivity index (χ0v) is 13.8. The van der Waals surface area contributed by atoms with Gasteiger partial charge in [-0.2, -0.15) is 0 Å². The van der Waals surface area contributed by atoms with E-state index in [1.54, 1.807) is 0 Å². The fourth-order valence-corrected chi connectivity index (χ4v) is 2.86. The van der Waals surface area contributed by atoms with Crippen molar-refractivity contribution in [2.24, 2.45) is 0 Å². The molecule has 0 unspecified atom stereocenters. The zero-order chi connectivity index (χ0) is 15.9. The number of aryl methyl sites for hydroxylation is 1. The minimum Gasteiger partial charge on any atom is -0.489 e. The lowest BCUT2D eigenvalue weighted by Crippen LogP contribution is -2.25. The molecule has 3 rings (SSSR count). The molecule has 3 nitrogen and oxygen atoms in total. The molecule has 0 aromatic heterocycles. The van der Waals surface area contributed by atoms with E-state index in [4.69, 9.17) is 9.47 Å². The second-order valence-corrected chi connectivity index (χ2v) is 6.13. The van der Waals surface area contributed by atoms with Gasteiger partial charge < -0.3 is 14.8 Å². The molecule has 0 bridgehead atoms. The van der Waals surface area contributed by atoms with Crippen LogP contribution in [0.2, 0.25) is 0 Å². The maximum atomic E-state index is 5.94. The van der Waals surface area contributed by atoms with Gasteiger partial charge in [0.1, 0.15) is 12.4 Å². The summed E-state index contributed by atoms with van der Waals surface area (Å²) < 4.78 is 11.6. The number of nitrogens with one attached hydrogen (secondary N) is 1. The molecule has 23 heavy (non-hydrogen) atoms. The van der Waals surface area contributed by atoms with Crippen molar-refractivity contribution in [2.45, 2.75) is 39.0 Å². The molecule has 3 heteroatoms. The Morgan fingerprint density at radius 1 is 1.17 bits per heavy atom. The second kappa shape index (κ2) is 8.14. The van der Waals surface area contributed by atoms with E-state index in [1.165, 1.54) is 29.5 Å². The average molecular weight is 311 g/mol. The Kier molecular flexibility index (Phi) is 5.67. The fourth-order valence-electron chi connectivity index (χ4n) is 2.86. The maximum absolute atomic E-state index is 5.94. The largest absolute Gasteiger partial charge is 0.489 e. The van der Waals surface area contributed by atoms with E-state index >= 15 is 0 Å². The minimum absolute atomic E-state index is 0.385. The third-order valence-electron chi connectivity index (χ3n) is 4.28. The normalized spacial score (nSPS) is 17.3. The van der Waals surface area contributed by atoms with Crippen LogP contribution in [0.4, 0.5) is 0 Å². The highest BCUT2D eigenvalue weighted by atomic mass is 16.5. The highest BCUT2D eigenvalue weighted by Gasteiger charge is 2.14. The quantitative estimate of drug-likeness (QED) is 0.842. The molecule has 1 saturated heterocycles. The maximum Gasteiger partial charge on any atom is 0.120 e. The first-order valence-electron chi connectivity index (χ1n) is 8.40. The zero-order valence-electron chi connectivity index (χ0n) is 13.8. The molecule has 0 aliphatic carbocycles. The lowest BCUT2D eigenvalue weighted by molar-refractivity contribution is 0.110. The van der Waals surface area contributed by atoms with Crippen LogP contribution in [0.1, 0.15) is 29.5 Å². The highest BCUT2D eigenvalue weighted by Crippen LogP contribution is 2.17. The Bertz CT molecular complexity index is 621. The van der Waals surface area contributed by atoms with Gasteiger partial charge in [-0.1, -0.05) is 36.4 Å². The molecule has 2 aromatic carbocycles. The van der Waals surface area contributed by atoms with Crippen molar-refractivity contribution in [3.8, 4) is 5.75 Å². The summed E-state index contributed by atoms with van der Waals surface area (Å²) in [6, 6.07) is 16.6.